The van der Waals surface area contributed by atoms with Crippen LogP contribution in [-0.2, 0) is 11.2 Å². The van der Waals surface area contributed by atoms with Crippen LogP contribution in [0.1, 0.15) is 23.9 Å². The molecular formula is C18H20N4O2S. The van der Waals surface area contributed by atoms with Gasteiger partial charge in [-0.05, 0) is 48.3 Å². The van der Waals surface area contributed by atoms with Crippen molar-refractivity contribution in [3.63, 3.8) is 0 Å². The van der Waals surface area contributed by atoms with Gasteiger partial charge in [0.05, 0.1) is 12.5 Å². The fraction of sp³-hybridized carbons (Fsp3) is 0.278. The van der Waals surface area contributed by atoms with Crippen LogP contribution >= 0.6 is 11.8 Å². The summed E-state index contributed by atoms with van der Waals surface area (Å²) in [5, 5.41) is 20.9. The summed E-state index contributed by atoms with van der Waals surface area (Å²) >= 11 is 1.73. The first-order valence-corrected chi connectivity index (χ1v) is 9.42. The number of hydrogen-bond acceptors (Lipinski definition) is 5. The van der Waals surface area contributed by atoms with Crippen LogP contribution in [0.5, 0.6) is 5.75 Å². The highest BCUT2D eigenvalue weighted by Gasteiger charge is 2.20. The number of nitrogens with one attached hydrogen (secondary N) is 1. The molecule has 3 rings (SSSR count). The lowest BCUT2D eigenvalue weighted by Gasteiger charge is -2.17. The Balaban J connectivity index is 1.76. The first-order chi connectivity index (χ1) is 12.2. The number of fused-ring (bicyclic) bond motifs is 1. The Morgan fingerprint density at radius 3 is 2.80 bits per heavy atom. The third-order valence-electron chi connectivity index (χ3n) is 3.90. The molecule has 0 radical (unpaired) electrons. The van der Waals surface area contributed by atoms with E-state index in [2.05, 4.69) is 15.5 Å². The Kier molecular flexibility index (Phi) is 5.55. The van der Waals surface area contributed by atoms with Crippen molar-refractivity contribution >= 4 is 23.3 Å². The lowest BCUT2D eigenvalue weighted by atomic mass is 10.1. The average molecular weight is 356 g/mol. The van der Waals surface area contributed by atoms with Crippen molar-refractivity contribution in [3.8, 4) is 5.75 Å². The monoisotopic (exact) mass is 356 g/mol. The lowest BCUT2D eigenvalue weighted by molar-refractivity contribution is -0.121. The van der Waals surface area contributed by atoms with E-state index >= 15 is 0 Å². The number of rotatable bonds is 7. The quantitative estimate of drug-likeness (QED) is 0.680. The van der Waals surface area contributed by atoms with E-state index in [4.69, 9.17) is 0 Å². The molecule has 7 heteroatoms. The molecule has 0 spiro atoms. The first-order valence-electron chi connectivity index (χ1n) is 8.03. The Bertz CT molecular complexity index is 848. The largest absolute Gasteiger partial charge is 0.508 e. The highest BCUT2D eigenvalue weighted by Crippen LogP contribution is 2.19. The molecule has 6 nitrogen and oxygen atoms in total. The lowest BCUT2D eigenvalue weighted by Crippen LogP contribution is -2.31. The van der Waals surface area contributed by atoms with E-state index in [1.165, 1.54) is 0 Å². The second kappa shape index (κ2) is 8.02. The SMILES string of the molecule is CSCCC(NC(=O)Cc1ccc(O)cc1)c1nnc2ccccn12. The van der Waals surface area contributed by atoms with Gasteiger partial charge in [0.1, 0.15) is 5.75 Å². The smallest absolute Gasteiger partial charge is 0.225 e. The van der Waals surface area contributed by atoms with Crippen LogP contribution in [-0.4, -0.2) is 37.6 Å². The van der Waals surface area contributed by atoms with Crippen LogP contribution in [0.15, 0.2) is 48.7 Å². The third-order valence-corrected chi connectivity index (χ3v) is 4.54. The minimum atomic E-state index is -0.200. The Labute approximate surface area is 150 Å². The number of phenols is 1. The molecular weight excluding hydrogens is 336 g/mol. The molecule has 0 aliphatic carbocycles. The molecule has 1 aromatic carbocycles. The van der Waals surface area contributed by atoms with Crippen molar-refractivity contribution < 1.29 is 9.90 Å². The van der Waals surface area contributed by atoms with E-state index in [1.54, 1.807) is 36.0 Å². The van der Waals surface area contributed by atoms with Gasteiger partial charge in [0.2, 0.25) is 5.91 Å². The molecule has 1 unspecified atom stereocenters. The molecule has 25 heavy (non-hydrogen) atoms. The predicted molar refractivity (Wildman–Crippen MR) is 98.7 cm³/mol. The molecule has 1 atom stereocenters. The number of carbonyl (C=O) groups is 1. The van der Waals surface area contributed by atoms with Gasteiger partial charge in [-0.25, -0.2) is 0 Å². The van der Waals surface area contributed by atoms with Crippen molar-refractivity contribution in [2.75, 3.05) is 12.0 Å². The van der Waals surface area contributed by atoms with Gasteiger partial charge in [0, 0.05) is 6.20 Å². The zero-order valence-corrected chi connectivity index (χ0v) is 14.7. The molecule has 0 aliphatic rings. The number of aromatic hydroxyl groups is 1. The summed E-state index contributed by atoms with van der Waals surface area (Å²) in [6.07, 6.45) is 4.98. The van der Waals surface area contributed by atoms with Gasteiger partial charge in [0.15, 0.2) is 11.5 Å². The Hall–Kier alpha value is -2.54. The van der Waals surface area contributed by atoms with Gasteiger partial charge in [0.25, 0.3) is 0 Å². The normalized spacial score (nSPS) is 12.2. The first kappa shape index (κ1) is 17.3. The summed E-state index contributed by atoms with van der Waals surface area (Å²) in [6, 6.07) is 12.2. The van der Waals surface area contributed by atoms with Crippen LogP contribution in [0.4, 0.5) is 0 Å². The summed E-state index contributed by atoms with van der Waals surface area (Å²) in [5.41, 5.74) is 1.62. The highest BCUT2D eigenvalue weighted by atomic mass is 32.2. The van der Waals surface area contributed by atoms with E-state index in [1.807, 2.05) is 35.1 Å². The molecule has 0 aliphatic heterocycles. The minimum Gasteiger partial charge on any atom is -0.508 e. The third kappa shape index (κ3) is 4.30. The summed E-state index contributed by atoms with van der Waals surface area (Å²) in [5.74, 6) is 1.76. The van der Waals surface area contributed by atoms with E-state index in [9.17, 15) is 9.90 Å². The number of pyridine rings is 1. The van der Waals surface area contributed by atoms with E-state index in [0.717, 1.165) is 29.2 Å². The average Bonchev–Trinajstić information content (AvgIpc) is 3.04. The molecule has 0 saturated heterocycles. The summed E-state index contributed by atoms with van der Waals surface area (Å²) in [7, 11) is 0. The number of aromatic nitrogens is 3. The van der Waals surface area contributed by atoms with Crippen molar-refractivity contribution in [1.29, 1.82) is 0 Å². The molecule has 0 saturated carbocycles. The molecule has 130 valence electrons. The van der Waals surface area contributed by atoms with Gasteiger partial charge in [-0.3, -0.25) is 9.20 Å². The van der Waals surface area contributed by atoms with Gasteiger partial charge < -0.3 is 10.4 Å². The van der Waals surface area contributed by atoms with Crippen LogP contribution in [0.25, 0.3) is 5.65 Å². The molecule has 3 aromatic rings. The van der Waals surface area contributed by atoms with Crippen LogP contribution in [0.3, 0.4) is 0 Å². The van der Waals surface area contributed by atoms with E-state index in [0.29, 0.717) is 0 Å². The zero-order chi connectivity index (χ0) is 17.6. The summed E-state index contributed by atoms with van der Waals surface area (Å²) in [6.45, 7) is 0. The number of amides is 1. The second-order valence-electron chi connectivity index (χ2n) is 5.73. The molecule has 2 heterocycles. The second-order valence-corrected chi connectivity index (χ2v) is 6.72. The number of phenolic OH excluding ortho intramolecular Hbond substituents is 1. The van der Waals surface area contributed by atoms with E-state index in [-0.39, 0.29) is 24.1 Å². The van der Waals surface area contributed by atoms with Gasteiger partial charge in [-0.15, -0.1) is 10.2 Å². The fourth-order valence-electron chi connectivity index (χ4n) is 2.64. The zero-order valence-electron chi connectivity index (χ0n) is 13.9. The maximum Gasteiger partial charge on any atom is 0.225 e. The minimum absolute atomic E-state index is 0.0792. The van der Waals surface area contributed by atoms with Crippen molar-refractivity contribution in [2.24, 2.45) is 0 Å². The van der Waals surface area contributed by atoms with Crippen molar-refractivity contribution in [1.82, 2.24) is 19.9 Å². The Morgan fingerprint density at radius 1 is 1.24 bits per heavy atom. The van der Waals surface area contributed by atoms with Crippen LogP contribution in [0.2, 0.25) is 0 Å². The number of benzene rings is 1. The van der Waals surface area contributed by atoms with Crippen LogP contribution in [0, 0.1) is 0 Å². The maximum absolute atomic E-state index is 12.5. The molecule has 2 N–H and O–H groups in total. The molecule has 0 fully saturated rings. The van der Waals surface area contributed by atoms with E-state index < -0.39 is 0 Å². The topological polar surface area (TPSA) is 79.5 Å². The van der Waals surface area contributed by atoms with Gasteiger partial charge >= 0.3 is 0 Å². The van der Waals surface area contributed by atoms with Crippen LogP contribution < -0.4 is 5.32 Å². The number of carbonyl (C=O) groups excluding carboxylic acids is 1. The summed E-state index contributed by atoms with van der Waals surface area (Å²) in [4.78, 5) is 12.5. The summed E-state index contributed by atoms with van der Waals surface area (Å²) < 4.78 is 1.91. The number of hydrogen-bond donors (Lipinski definition) is 2. The predicted octanol–water partition coefficient (Wildman–Crippen LogP) is 2.59. The van der Waals surface area contributed by atoms with Crippen molar-refractivity contribution in [2.45, 2.75) is 18.9 Å². The number of thioether (sulfide) groups is 1. The number of nitrogens with zero attached hydrogens (tertiary/aromatic N) is 3. The van der Waals surface area contributed by atoms with Gasteiger partial charge in [-0.2, -0.15) is 11.8 Å². The highest BCUT2D eigenvalue weighted by molar-refractivity contribution is 7.98. The Morgan fingerprint density at radius 2 is 2.04 bits per heavy atom. The molecule has 0 bridgehead atoms. The van der Waals surface area contributed by atoms with Gasteiger partial charge in [-0.1, -0.05) is 18.2 Å². The fourth-order valence-corrected chi connectivity index (χ4v) is 3.11. The van der Waals surface area contributed by atoms with Crippen molar-refractivity contribution in [3.05, 3.63) is 60.0 Å². The standard InChI is InChI=1S/C18H20N4O2S/c1-25-11-9-15(18-21-20-16-4-2-3-10-22(16)18)19-17(24)12-13-5-7-14(23)8-6-13/h2-8,10,15,23H,9,11-12H2,1H3,(H,19,24). The molecule has 1 amide bonds. The maximum atomic E-state index is 12.5. The molecule has 2 aromatic heterocycles.